The van der Waals surface area contributed by atoms with Crippen molar-refractivity contribution < 1.29 is 54.1 Å². The van der Waals surface area contributed by atoms with E-state index < -0.39 is 65.1 Å². The molecule has 0 aliphatic rings. The molecule has 0 spiro atoms. The molecule has 0 bridgehead atoms. The molecule has 0 aliphatic carbocycles. The molecule has 0 aromatic carbocycles. The maximum Gasteiger partial charge on any atom is 0.449 e. The number of furan rings is 1. The first kappa shape index (κ1) is 23.5. The second kappa shape index (κ2) is 7.80. The van der Waals surface area contributed by atoms with Crippen molar-refractivity contribution in [3.63, 3.8) is 0 Å². The van der Waals surface area contributed by atoms with Gasteiger partial charge in [0.15, 0.2) is 0 Å². The molecule has 3 unspecified atom stereocenters. The van der Waals surface area contributed by atoms with Gasteiger partial charge in [0.1, 0.15) is 29.2 Å². The van der Waals surface area contributed by atoms with Crippen LogP contribution in [0.25, 0.3) is 0 Å². The second-order valence-electron chi connectivity index (χ2n) is 5.91. The molecule has 3 atom stereocenters. The number of alkyl halides is 9. The molecule has 5 nitrogen and oxygen atoms in total. The highest BCUT2D eigenvalue weighted by atomic mass is 19.4. The van der Waals surface area contributed by atoms with Crippen LogP contribution in [0.3, 0.4) is 0 Å². The van der Waals surface area contributed by atoms with E-state index in [0.29, 0.717) is 12.1 Å². The Labute approximate surface area is 161 Å². The van der Waals surface area contributed by atoms with E-state index in [1.54, 1.807) is 0 Å². The number of hydrogen-bond donors (Lipinski definition) is 2. The van der Waals surface area contributed by atoms with Crippen molar-refractivity contribution in [1.29, 1.82) is 5.26 Å². The number of halogens is 9. The summed E-state index contributed by atoms with van der Waals surface area (Å²) in [6.45, 7) is 0. The summed E-state index contributed by atoms with van der Waals surface area (Å²) in [5, 5.41) is 29.3. The Morgan fingerprint density at radius 2 is 1.33 bits per heavy atom. The number of pyridine rings is 1. The Bertz CT molecular complexity index is 909. The van der Waals surface area contributed by atoms with E-state index in [0.717, 1.165) is 0 Å². The Hall–Kier alpha value is -2.79. The van der Waals surface area contributed by atoms with Gasteiger partial charge < -0.3 is 14.6 Å². The molecule has 2 aromatic rings. The highest BCUT2D eigenvalue weighted by Gasteiger charge is 2.41. The number of aromatic nitrogens is 1. The summed E-state index contributed by atoms with van der Waals surface area (Å²) in [4.78, 5) is 2.43. The molecule has 0 radical (unpaired) electrons. The summed E-state index contributed by atoms with van der Waals surface area (Å²) in [5.41, 5.74) is -5.15. The lowest BCUT2D eigenvalue weighted by molar-refractivity contribution is -0.154. The summed E-state index contributed by atoms with van der Waals surface area (Å²) in [6.07, 6.45) is -20.4. The van der Waals surface area contributed by atoms with Gasteiger partial charge in [0.25, 0.3) is 0 Å². The van der Waals surface area contributed by atoms with Gasteiger partial charge in [-0.05, 0) is 29.8 Å². The van der Waals surface area contributed by atoms with E-state index in [4.69, 9.17) is 5.26 Å². The van der Waals surface area contributed by atoms with E-state index >= 15 is 0 Å². The second-order valence-corrected chi connectivity index (χ2v) is 5.91. The molecule has 0 fully saturated rings. The van der Waals surface area contributed by atoms with Crippen LogP contribution in [0, 0.1) is 17.2 Å². The van der Waals surface area contributed by atoms with Gasteiger partial charge in [-0.2, -0.15) is 44.8 Å². The topological polar surface area (TPSA) is 90.3 Å². The summed E-state index contributed by atoms with van der Waals surface area (Å²) in [6, 6.07) is 2.28. The van der Waals surface area contributed by atoms with Crippen molar-refractivity contribution in [2.24, 2.45) is 5.92 Å². The normalized spacial score (nSPS) is 16.1. The lowest BCUT2D eigenvalue weighted by Crippen LogP contribution is -2.22. The van der Waals surface area contributed by atoms with E-state index in [1.165, 1.54) is 6.07 Å². The maximum absolute atomic E-state index is 12.9. The SMILES string of the molecule is N#CC(C(O)c1cc(C(F)(F)F)nc(C(F)(F)F)c1)C(O)c1ccc(C(F)(F)F)o1. The van der Waals surface area contributed by atoms with Gasteiger partial charge in [0.05, 0.1) is 12.2 Å². The Morgan fingerprint density at radius 1 is 0.833 bits per heavy atom. The number of nitrogens with zero attached hydrogens (tertiary/aromatic N) is 2. The minimum Gasteiger partial charge on any atom is -0.454 e. The molecule has 2 rings (SSSR count). The van der Waals surface area contributed by atoms with Crippen LogP contribution in [0.2, 0.25) is 0 Å². The lowest BCUT2D eigenvalue weighted by Gasteiger charge is -2.22. The minimum absolute atomic E-state index is 0.0280. The predicted octanol–water partition coefficient (Wildman–Crippen LogP) is 4.64. The molecule has 0 amide bonds. The van der Waals surface area contributed by atoms with E-state index in [1.807, 2.05) is 0 Å². The molecule has 2 heterocycles. The zero-order valence-corrected chi connectivity index (χ0v) is 14.1. The Morgan fingerprint density at radius 3 is 1.70 bits per heavy atom. The predicted molar refractivity (Wildman–Crippen MR) is 77.0 cm³/mol. The van der Waals surface area contributed by atoms with Gasteiger partial charge in [0, 0.05) is 0 Å². The smallest absolute Gasteiger partial charge is 0.449 e. The van der Waals surface area contributed by atoms with Crippen molar-refractivity contribution in [2.45, 2.75) is 30.7 Å². The zero-order valence-electron chi connectivity index (χ0n) is 14.1. The van der Waals surface area contributed by atoms with Crippen LogP contribution >= 0.6 is 0 Å². The van der Waals surface area contributed by atoms with Gasteiger partial charge in [-0.15, -0.1) is 0 Å². The fourth-order valence-electron chi connectivity index (χ4n) is 2.38. The van der Waals surface area contributed by atoms with Crippen molar-refractivity contribution in [1.82, 2.24) is 4.98 Å². The lowest BCUT2D eigenvalue weighted by atomic mass is 9.90. The molecule has 0 saturated heterocycles. The first-order valence-electron chi connectivity index (χ1n) is 7.64. The van der Waals surface area contributed by atoms with Gasteiger partial charge in [-0.1, -0.05) is 0 Å². The van der Waals surface area contributed by atoms with Crippen LogP contribution in [0.4, 0.5) is 39.5 Å². The van der Waals surface area contributed by atoms with Crippen LogP contribution in [0.15, 0.2) is 28.7 Å². The molecule has 30 heavy (non-hydrogen) atoms. The fraction of sp³-hybridized carbons (Fsp3) is 0.375. The van der Waals surface area contributed by atoms with Crippen molar-refractivity contribution in [2.75, 3.05) is 0 Å². The molecule has 14 heteroatoms. The molecule has 164 valence electrons. The standard InChI is InChI=1S/C16H9F9N2O3/c17-14(18,19)9-3-6(4-10(27-9)15(20,21)22)12(28)7(5-26)13(29)8-1-2-11(30-8)16(23,24)25/h1-4,7,12-13,28-29H. The summed E-state index contributed by atoms with van der Waals surface area (Å²) in [7, 11) is 0. The number of aliphatic hydroxyl groups is 2. The molecule has 0 aliphatic heterocycles. The van der Waals surface area contributed by atoms with Gasteiger partial charge >= 0.3 is 18.5 Å². The number of nitriles is 1. The average Bonchev–Trinajstić information content (AvgIpc) is 3.10. The third-order valence-corrected chi connectivity index (χ3v) is 3.80. The monoisotopic (exact) mass is 448 g/mol. The van der Waals surface area contributed by atoms with E-state index in [-0.39, 0.29) is 12.1 Å². The number of rotatable bonds is 4. The first-order chi connectivity index (χ1) is 13.6. The molecule has 2 aromatic heterocycles. The van der Waals surface area contributed by atoms with Gasteiger partial charge in [-0.3, -0.25) is 0 Å². The number of aliphatic hydroxyl groups excluding tert-OH is 2. The third-order valence-electron chi connectivity index (χ3n) is 3.80. The highest BCUT2D eigenvalue weighted by molar-refractivity contribution is 5.29. The van der Waals surface area contributed by atoms with Crippen molar-refractivity contribution >= 4 is 0 Å². The van der Waals surface area contributed by atoms with E-state index in [9.17, 15) is 49.7 Å². The summed E-state index contributed by atoms with van der Waals surface area (Å²) in [5.74, 6) is -4.64. The highest BCUT2D eigenvalue weighted by Crippen LogP contribution is 2.40. The molecular formula is C16H9F9N2O3. The Balaban J connectivity index is 2.47. The van der Waals surface area contributed by atoms with Crippen LogP contribution in [0.5, 0.6) is 0 Å². The van der Waals surface area contributed by atoms with Crippen LogP contribution in [0.1, 0.15) is 40.7 Å². The largest absolute Gasteiger partial charge is 0.454 e. The van der Waals surface area contributed by atoms with E-state index in [2.05, 4.69) is 9.40 Å². The summed E-state index contributed by atoms with van der Waals surface area (Å²) < 4.78 is 119. The summed E-state index contributed by atoms with van der Waals surface area (Å²) >= 11 is 0. The quantitative estimate of drug-likeness (QED) is 0.666. The van der Waals surface area contributed by atoms with Gasteiger partial charge in [0.2, 0.25) is 5.76 Å². The maximum atomic E-state index is 12.9. The first-order valence-corrected chi connectivity index (χ1v) is 7.64. The van der Waals surface area contributed by atoms with Gasteiger partial charge in [-0.25, -0.2) is 4.98 Å². The minimum atomic E-state index is -5.35. The third kappa shape index (κ3) is 5.03. The van der Waals surface area contributed by atoms with Crippen molar-refractivity contribution in [3.05, 3.63) is 52.7 Å². The average molecular weight is 448 g/mol. The number of hydrogen-bond acceptors (Lipinski definition) is 5. The van der Waals surface area contributed by atoms with Crippen LogP contribution in [-0.4, -0.2) is 15.2 Å². The molecule has 2 N–H and O–H groups in total. The zero-order chi connectivity index (χ0) is 23.1. The fourth-order valence-corrected chi connectivity index (χ4v) is 2.38. The van der Waals surface area contributed by atoms with Crippen LogP contribution in [-0.2, 0) is 18.5 Å². The molecular weight excluding hydrogens is 439 g/mol. The Kier molecular flexibility index (Phi) is 6.11. The van der Waals surface area contributed by atoms with Crippen molar-refractivity contribution in [3.8, 4) is 6.07 Å². The molecule has 0 saturated carbocycles. The van der Waals surface area contributed by atoms with Crippen LogP contribution < -0.4 is 0 Å².